The van der Waals surface area contributed by atoms with Crippen LogP contribution >= 0.6 is 24.0 Å². The van der Waals surface area contributed by atoms with E-state index >= 15 is 0 Å². The molecule has 1 atom stereocenters. The number of rotatable bonds is 6. The van der Waals surface area contributed by atoms with Gasteiger partial charge in [-0.25, -0.2) is 0 Å². The topological polar surface area (TPSA) is 89.1 Å². The lowest BCUT2D eigenvalue weighted by Gasteiger charge is -2.15. The molecule has 0 aromatic heterocycles. The van der Waals surface area contributed by atoms with E-state index in [1.807, 2.05) is 31.2 Å². The Hall–Kier alpha value is -2.00. The van der Waals surface area contributed by atoms with Crippen LogP contribution in [0.15, 0.2) is 47.5 Å². The Balaban J connectivity index is 0.00000312. The van der Waals surface area contributed by atoms with Gasteiger partial charge >= 0.3 is 0 Å². The largest absolute Gasteiger partial charge is 0.497 e. The van der Waals surface area contributed by atoms with E-state index in [0.717, 1.165) is 11.3 Å². The van der Waals surface area contributed by atoms with Gasteiger partial charge in [-0.2, -0.15) is 0 Å². The fraction of sp³-hybridized carbons (Fsp3) is 0.278. The van der Waals surface area contributed by atoms with Crippen molar-refractivity contribution in [1.29, 1.82) is 0 Å². The fourth-order valence-electron chi connectivity index (χ4n) is 2.29. The van der Waals surface area contributed by atoms with Crippen LogP contribution in [0.4, 0.5) is 5.69 Å². The van der Waals surface area contributed by atoms with Gasteiger partial charge in [-0.15, -0.1) is 24.0 Å². The zero-order valence-electron chi connectivity index (χ0n) is 14.5. The molecule has 25 heavy (non-hydrogen) atoms. The van der Waals surface area contributed by atoms with Gasteiger partial charge in [-0.1, -0.05) is 12.1 Å². The smallest absolute Gasteiger partial charge is 0.193 e. The van der Waals surface area contributed by atoms with Crippen LogP contribution in [-0.2, 0) is 0 Å². The maximum absolute atomic E-state index is 10.4. The van der Waals surface area contributed by atoms with Gasteiger partial charge in [0.1, 0.15) is 17.6 Å². The van der Waals surface area contributed by atoms with Crippen molar-refractivity contribution in [3.05, 3.63) is 53.6 Å². The molecule has 0 spiro atoms. The number of guanidine groups is 1. The Kier molecular flexibility index (Phi) is 8.50. The summed E-state index contributed by atoms with van der Waals surface area (Å²) >= 11 is 0. The number of nitrogens with two attached hydrogens (primary N) is 1. The van der Waals surface area contributed by atoms with Crippen LogP contribution in [0, 0.1) is 6.92 Å². The van der Waals surface area contributed by atoms with Gasteiger partial charge < -0.3 is 25.6 Å². The second-order valence-electron chi connectivity index (χ2n) is 5.34. The Labute approximate surface area is 165 Å². The van der Waals surface area contributed by atoms with E-state index in [4.69, 9.17) is 15.2 Å². The van der Waals surface area contributed by atoms with Gasteiger partial charge in [0.05, 0.1) is 20.8 Å². The Bertz CT molecular complexity index is 722. The first-order valence-electron chi connectivity index (χ1n) is 7.57. The summed E-state index contributed by atoms with van der Waals surface area (Å²) in [6.07, 6.45) is -0.854. The molecule has 0 aliphatic heterocycles. The summed E-state index contributed by atoms with van der Waals surface area (Å²) in [5, 5.41) is 13.4. The number of aliphatic hydroxyl groups excluding tert-OH is 1. The normalized spacial score (nSPS) is 12.1. The molecule has 0 heterocycles. The number of ether oxygens (including phenoxy) is 2. The fourth-order valence-corrected chi connectivity index (χ4v) is 2.29. The zero-order chi connectivity index (χ0) is 17.5. The summed E-state index contributed by atoms with van der Waals surface area (Å²) in [5.41, 5.74) is 8.45. The third kappa shape index (κ3) is 6.09. The van der Waals surface area contributed by atoms with Crippen molar-refractivity contribution in [2.75, 3.05) is 26.1 Å². The minimum absolute atomic E-state index is 0. The Morgan fingerprint density at radius 3 is 2.60 bits per heavy atom. The first-order valence-corrected chi connectivity index (χ1v) is 7.57. The van der Waals surface area contributed by atoms with E-state index in [-0.39, 0.29) is 36.5 Å². The van der Waals surface area contributed by atoms with E-state index in [0.29, 0.717) is 17.1 Å². The van der Waals surface area contributed by atoms with Crippen LogP contribution in [0.2, 0.25) is 0 Å². The highest BCUT2D eigenvalue weighted by Crippen LogP contribution is 2.29. The molecule has 6 nitrogen and oxygen atoms in total. The van der Waals surface area contributed by atoms with Gasteiger partial charge in [-0.05, 0) is 42.8 Å². The lowest BCUT2D eigenvalue weighted by Crippen LogP contribution is -2.23. The minimum atomic E-state index is -0.854. The first kappa shape index (κ1) is 21.0. The monoisotopic (exact) mass is 457 g/mol. The summed E-state index contributed by atoms with van der Waals surface area (Å²) in [6.45, 7) is 2.10. The maximum atomic E-state index is 10.4. The number of aliphatic imine (C=N–C) groups is 1. The summed E-state index contributed by atoms with van der Waals surface area (Å²) in [6, 6.07) is 13.0. The van der Waals surface area contributed by atoms with Crippen molar-refractivity contribution in [2.24, 2.45) is 10.7 Å². The molecular formula is C18H24IN3O3. The predicted octanol–water partition coefficient (Wildman–Crippen LogP) is 3.09. The molecule has 0 saturated carbocycles. The number of halogens is 1. The van der Waals surface area contributed by atoms with Crippen molar-refractivity contribution in [3.63, 3.8) is 0 Å². The minimum Gasteiger partial charge on any atom is -0.497 e. The van der Waals surface area contributed by atoms with Crippen LogP contribution in [-0.4, -0.2) is 31.8 Å². The van der Waals surface area contributed by atoms with E-state index in [1.165, 1.54) is 0 Å². The molecule has 4 N–H and O–H groups in total. The molecular weight excluding hydrogens is 433 g/mol. The van der Waals surface area contributed by atoms with Gasteiger partial charge in [0.15, 0.2) is 5.96 Å². The highest BCUT2D eigenvalue weighted by Gasteiger charge is 2.14. The number of nitrogens with zero attached hydrogens (tertiary/aromatic N) is 1. The molecule has 2 aromatic carbocycles. The molecule has 0 aliphatic rings. The van der Waals surface area contributed by atoms with E-state index in [1.54, 1.807) is 32.4 Å². The molecule has 2 aromatic rings. The zero-order valence-corrected chi connectivity index (χ0v) is 16.9. The quantitative estimate of drug-likeness (QED) is 0.353. The number of aryl methyl sites for hydroxylation is 1. The average Bonchev–Trinajstić information content (AvgIpc) is 2.59. The maximum Gasteiger partial charge on any atom is 0.193 e. The summed E-state index contributed by atoms with van der Waals surface area (Å²) in [4.78, 5) is 4.19. The predicted molar refractivity (Wildman–Crippen MR) is 111 cm³/mol. The van der Waals surface area contributed by atoms with E-state index in [9.17, 15) is 5.11 Å². The molecule has 1 unspecified atom stereocenters. The molecule has 0 amide bonds. The number of anilines is 1. The molecule has 2 rings (SSSR count). The second kappa shape index (κ2) is 10.1. The van der Waals surface area contributed by atoms with Gasteiger partial charge in [0, 0.05) is 11.3 Å². The van der Waals surface area contributed by atoms with Crippen LogP contribution in [0.1, 0.15) is 17.2 Å². The number of benzene rings is 2. The lowest BCUT2D eigenvalue weighted by molar-refractivity contribution is 0.182. The van der Waals surface area contributed by atoms with Gasteiger partial charge in [-0.3, -0.25) is 4.99 Å². The standard InChI is InChI=1S/C18H23N3O3.HI/c1-12-5-4-6-13(9-12)21-18(19)20-11-16(22)15-10-14(23-2)7-8-17(15)24-3;/h4-10,16,22H,11H2,1-3H3,(H3,19,20,21);1H. The summed E-state index contributed by atoms with van der Waals surface area (Å²) in [7, 11) is 3.12. The van der Waals surface area contributed by atoms with Crippen molar-refractivity contribution in [2.45, 2.75) is 13.0 Å². The molecule has 7 heteroatoms. The van der Waals surface area contributed by atoms with Crippen molar-refractivity contribution < 1.29 is 14.6 Å². The van der Waals surface area contributed by atoms with Gasteiger partial charge in [0.2, 0.25) is 0 Å². The molecule has 0 bridgehead atoms. The van der Waals surface area contributed by atoms with Crippen molar-refractivity contribution in [3.8, 4) is 11.5 Å². The van der Waals surface area contributed by atoms with Crippen LogP contribution in [0.3, 0.4) is 0 Å². The van der Waals surface area contributed by atoms with E-state index < -0.39 is 6.10 Å². The molecule has 0 saturated heterocycles. The van der Waals surface area contributed by atoms with Crippen molar-refractivity contribution >= 4 is 35.6 Å². The van der Waals surface area contributed by atoms with Crippen LogP contribution in [0.25, 0.3) is 0 Å². The highest BCUT2D eigenvalue weighted by molar-refractivity contribution is 14.0. The third-order valence-electron chi connectivity index (χ3n) is 3.52. The molecule has 0 radical (unpaired) electrons. The number of methoxy groups -OCH3 is 2. The first-order chi connectivity index (χ1) is 11.5. The molecule has 0 fully saturated rings. The van der Waals surface area contributed by atoms with Crippen molar-refractivity contribution in [1.82, 2.24) is 0 Å². The van der Waals surface area contributed by atoms with E-state index in [2.05, 4.69) is 10.3 Å². The summed E-state index contributed by atoms with van der Waals surface area (Å²) in [5.74, 6) is 1.45. The number of nitrogens with one attached hydrogen (secondary N) is 1. The molecule has 136 valence electrons. The van der Waals surface area contributed by atoms with Crippen LogP contribution < -0.4 is 20.5 Å². The second-order valence-corrected chi connectivity index (χ2v) is 5.34. The van der Waals surface area contributed by atoms with Gasteiger partial charge in [0.25, 0.3) is 0 Å². The lowest BCUT2D eigenvalue weighted by atomic mass is 10.1. The molecule has 0 aliphatic carbocycles. The Morgan fingerprint density at radius 2 is 1.96 bits per heavy atom. The third-order valence-corrected chi connectivity index (χ3v) is 3.52. The SMILES string of the molecule is COc1ccc(OC)c(C(O)CN=C(N)Nc2cccc(C)c2)c1.I. The highest BCUT2D eigenvalue weighted by atomic mass is 127. The number of aliphatic hydroxyl groups is 1. The number of hydrogen-bond donors (Lipinski definition) is 3. The average molecular weight is 457 g/mol. The summed E-state index contributed by atoms with van der Waals surface area (Å²) < 4.78 is 10.5. The van der Waals surface area contributed by atoms with Crippen LogP contribution in [0.5, 0.6) is 11.5 Å². The number of hydrogen-bond acceptors (Lipinski definition) is 4. The Morgan fingerprint density at radius 1 is 1.20 bits per heavy atom.